The fourth-order valence-corrected chi connectivity index (χ4v) is 2.93. The summed E-state index contributed by atoms with van der Waals surface area (Å²) in [6.45, 7) is 5.15. The van der Waals surface area contributed by atoms with Gasteiger partial charge in [-0.25, -0.2) is 0 Å². The first-order valence-electron chi connectivity index (χ1n) is 7.11. The van der Waals surface area contributed by atoms with Gasteiger partial charge in [0.1, 0.15) is 0 Å². The van der Waals surface area contributed by atoms with Crippen LogP contribution in [-0.2, 0) is 10.5 Å². The number of rotatable bonds is 1. The van der Waals surface area contributed by atoms with E-state index in [-0.39, 0.29) is 5.91 Å². The van der Waals surface area contributed by atoms with Gasteiger partial charge in [0.15, 0.2) is 0 Å². The van der Waals surface area contributed by atoms with Crippen molar-refractivity contribution in [1.29, 1.82) is 0 Å². The van der Waals surface area contributed by atoms with Crippen LogP contribution in [0.5, 0.6) is 0 Å². The van der Waals surface area contributed by atoms with E-state index in [1.54, 1.807) is 30.3 Å². The number of benzene rings is 2. The topological polar surface area (TPSA) is 57.6 Å². The first-order chi connectivity index (χ1) is 10.4. The number of hydrogen-bond acceptors (Lipinski definition) is 3. The number of carbonyl (C=O) groups excluding carboxylic acids is 2. The number of hydrogen-bond donors (Lipinski definition) is 1. The lowest BCUT2D eigenvalue weighted by Crippen LogP contribution is -2.50. The molecule has 112 valence electrons. The lowest BCUT2D eigenvalue weighted by molar-refractivity contribution is -0.120. The highest BCUT2D eigenvalue weighted by atomic mass is 16.3. The van der Waals surface area contributed by atoms with Gasteiger partial charge in [0, 0.05) is 18.1 Å². The average molecular weight is 295 g/mol. The Morgan fingerprint density at radius 2 is 1.64 bits per heavy atom. The standard InChI is InChI=1S/C18H17NO3/c1-11-4-7-14(8-5-11)18(22)17(21)15-9-6-12(2)10-16(15)19(18)13(3)20/h4-10,22H,1-3H3. The summed E-state index contributed by atoms with van der Waals surface area (Å²) in [4.78, 5) is 26.1. The van der Waals surface area contributed by atoms with Gasteiger partial charge in [-0.3, -0.25) is 14.5 Å². The molecule has 1 N–H and O–H groups in total. The fraction of sp³-hybridized carbons (Fsp3) is 0.222. The molecule has 1 aliphatic heterocycles. The minimum Gasteiger partial charge on any atom is -0.360 e. The second-order valence-corrected chi connectivity index (χ2v) is 5.74. The molecule has 1 atom stereocenters. The van der Waals surface area contributed by atoms with E-state index in [1.165, 1.54) is 11.8 Å². The van der Waals surface area contributed by atoms with Gasteiger partial charge >= 0.3 is 0 Å². The van der Waals surface area contributed by atoms with Crippen LogP contribution in [0, 0.1) is 13.8 Å². The quantitative estimate of drug-likeness (QED) is 0.880. The largest absolute Gasteiger partial charge is 0.360 e. The van der Waals surface area contributed by atoms with Gasteiger partial charge in [0.25, 0.3) is 0 Å². The molecule has 0 radical (unpaired) electrons. The van der Waals surface area contributed by atoms with Crippen molar-refractivity contribution >= 4 is 17.4 Å². The van der Waals surface area contributed by atoms with Crippen molar-refractivity contribution in [3.63, 3.8) is 0 Å². The summed E-state index contributed by atoms with van der Waals surface area (Å²) in [5.41, 5.74) is 1.18. The van der Waals surface area contributed by atoms with E-state index >= 15 is 0 Å². The summed E-state index contributed by atoms with van der Waals surface area (Å²) in [6.07, 6.45) is 0. The molecule has 1 unspecified atom stereocenters. The van der Waals surface area contributed by atoms with Crippen LogP contribution in [0.25, 0.3) is 0 Å². The minimum atomic E-state index is -1.98. The third kappa shape index (κ3) is 1.88. The van der Waals surface area contributed by atoms with Crippen molar-refractivity contribution in [2.45, 2.75) is 26.5 Å². The summed E-state index contributed by atoms with van der Waals surface area (Å²) >= 11 is 0. The molecule has 0 bridgehead atoms. The third-order valence-corrected chi connectivity index (χ3v) is 4.05. The van der Waals surface area contributed by atoms with Crippen molar-refractivity contribution in [1.82, 2.24) is 0 Å². The van der Waals surface area contributed by atoms with Crippen molar-refractivity contribution in [2.24, 2.45) is 0 Å². The number of amides is 1. The number of aliphatic hydroxyl groups is 1. The maximum absolute atomic E-state index is 12.8. The Labute approximate surface area is 129 Å². The Morgan fingerprint density at radius 1 is 1.05 bits per heavy atom. The van der Waals surface area contributed by atoms with Gasteiger partial charge in [-0.1, -0.05) is 35.9 Å². The van der Waals surface area contributed by atoms with E-state index in [4.69, 9.17) is 0 Å². The number of ketones is 1. The monoisotopic (exact) mass is 295 g/mol. The first-order valence-corrected chi connectivity index (χ1v) is 7.11. The molecule has 0 aliphatic carbocycles. The van der Waals surface area contributed by atoms with Crippen LogP contribution in [0.4, 0.5) is 5.69 Å². The van der Waals surface area contributed by atoms with E-state index < -0.39 is 11.5 Å². The van der Waals surface area contributed by atoms with Crippen molar-refractivity contribution < 1.29 is 14.7 Å². The second-order valence-electron chi connectivity index (χ2n) is 5.74. The number of carbonyl (C=O) groups is 2. The van der Waals surface area contributed by atoms with Crippen LogP contribution in [-0.4, -0.2) is 16.8 Å². The molecule has 4 heteroatoms. The summed E-state index contributed by atoms with van der Waals surface area (Å²) < 4.78 is 0. The number of nitrogens with zero attached hydrogens (tertiary/aromatic N) is 1. The van der Waals surface area contributed by atoms with Crippen LogP contribution in [0.3, 0.4) is 0 Å². The summed E-state index contributed by atoms with van der Waals surface area (Å²) in [5.74, 6) is -0.845. The SMILES string of the molecule is CC(=O)N1c2cc(C)ccc2C(=O)C1(O)c1ccc(C)cc1. The van der Waals surface area contributed by atoms with Crippen molar-refractivity contribution in [3.8, 4) is 0 Å². The Kier molecular flexibility index (Phi) is 3.15. The van der Waals surface area contributed by atoms with E-state index in [2.05, 4.69) is 0 Å². The number of fused-ring (bicyclic) bond motifs is 1. The molecule has 1 amide bonds. The maximum atomic E-state index is 12.8. The highest BCUT2D eigenvalue weighted by Gasteiger charge is 2.53. The second kappa shape index (κ2) is 4.78. The van der Waals surface area contributed by atoms with Crippen LogP contribution in [0.2, 0.25) is 0 Å². The lowest BCUT2D eigenvalue weighted by atomic mass is 9.95. The molecular weight excluding hydrogens is 278 g/mol. The Hall–Kier alpha value is -2.46. The summed E-state index contributed by atoms with van der Waals surface area (Å²) in [5, 5.41) is 11.1. The number of anilines is 1. The Balaban J connectivity index is 2.25. The number of Topliss-reactive ketones (excluding diaryl/α,β-unsaturated/α-hetero) is 1. The molecule has 0 aromatic heterocycles. The molecule has 0 spiro atoms. The van der Waals surface area contributed by atoms with Gasteiger partial charge < -0.3 is 5.11 Å². The first kappa shape index (κ1) is 14.5. The molecule has 22 heavy (non-hydrogen) atoms. The highest BCUT2D eigenvalue weighted by molar-refractivity contribution is 6.19. The van der Waals surface area contributed by atoms with E-state index in [0.717, 1.165) is 11.1 Å². The molecule has 0 fully saturated rings. The van der Waals surface area contributed by atoms with Gasteiger partial charge in [0.05, 0.1) is 5.69 Å². The van der Waals surface area contributed by atoms with Gasteiger partial charge in [-0.15, -0.1) is 0 Å². The lowest BCUT2D eigenvalue weighted by Gasteiger charge is -2.32. The molecule has 0 saturated carbocycles. The van der Waals surface area contributed by atoms with Gasteiger partial charge in [0.2, 0.25) is 17.4 Å². The van der Waals surface area contributed by atoms with Crippen LogP contribution < -0.4 is 4.90 Å². The van der Waals surface area contributed by atoms with Crippen LogP contribution >= 0.6 is 0 Å². The number of aryl methyl sites for hydroxylation is 2. The van der Waals surface area contributed by atoms with Gasteiger partial charge in [-0.05, 0) is 31.5 Å². The van der Waals surface area contributed by atoms with E-state index in [1.807, 2.05) is 26.0 Å². The van der Waals surface area contributed by atoms with Crippen molar-refractivity contribution in [2.75, 3.05) is 4.90 Å². The zero-order valence-electron chi connectivity index (χ0n) is 12.8. The highest BCUT2D eigenvalue weighted by Crippen LogP contribution is 2.43. The van der Waals surface area contributed by atoms with Crippen LogP contribution in [0.15, 0.2) is 42.5 Å². The van der Waals surface area contributed by atoms with Crippen LogP contribution in [0.1, 0.15) is 34.0 Å². The van der Waals surface area contributed by atoms with E-state index in [0.29, 0.717) is 16.8 Å². The smallest absolute Gasteiger partial charge is 0.236 e. The maximum Gasteiger partial charge on any atom is 0.236 e. The molecule has 2 aromatic rings. The molecule has 1 heterocycles. The minimum absolute atomic E-state index is 0.365. The predicted octanol–water partition coefficient (Wildman–Crippen LogP) is 2.70. The Bertz CT molecular complexity index is 779. The zero-order chi connectivity index (χ0) is 16.1. The summed E-state index contributed by atoms with van der Waals surface area (Å²) in [7, 11) is 0. The fourth-order valence-electron chi connectivity index (χ4n) is 2.93. The molecule has 2 aromatic carbocycles. The Morgan fingerprint density at radius 3 is 2.23 bits per heavy atom. The predicted molar refractivity (Wildman–Crippen MR) is 83.7 cm³/mol. The molecule has 1 aliphatic rings. The molecular formula is C18H17NO3. The normalized spacial score (nSPS) is 20.2. The van der Waals surface area contributed by atoms with Crippen molar-refractivity contribution in [3.05, 3.63) is 64.7 Å². The third-order valence-electron chi connectivity index (χ3n) is 4.05. The average Bonchev–Trinajstić information content (AvgIpc) is 2.68. The van der Waals surface area contributed by atoms with E-state index in [9.17, 15) is 14.7 Å². The van der Waals surface area contributed by atoms with Gasteiger partial charge in [-0.2, -0.15) is 0 Å². The zero-order valence-corrected chi connectivity index (χ0v) is 12.8. The molecule has 3 rings (SSSR count). The molecule has 4 nitrogen and oxygen atoms in total. The summed E-state index contributed by atoms with van der Waals surface area (Å²) in [6, 6.07) is 12.2. The molecule has 0 saturated heterocycles.